The van der Waals surface area contributed by atoms with E-state index in [9.17, 15) is 0 Å². The predicted octanol–water partition coefficient (Wildman–Crippen LogP) is 2.32. The standard InChI is InChI=1S/C13H27N3/c1-10-8-11(10)9-16(4)7-5-6-13(2,3)12(14)15/h10-11H,5-9H2,1-4H3,(H3,14,15). The summed E-state index contributed by atoms with van der Waals surface area (Å²) < 4.78 is 0. The van der Waals surface area contributed by atoms with Crippen molar-refractivity contribution in [1.82, 2.24) is 4.90 Å². The van der Waals surface area contributed by atoms with E-state index in [0.717, 1.165) is 31.2 Å². The molecule has 0 aliphatic heterocycles. The molecule has 3 N–H and O–H groups in total. The van der Waals surface area contributed by atoms with Gasteiger partial charge in [0.2, 0.25) is 0 Å². The molecular formula is C13H27N3. The molecule has 1 saturated carbocycles. The van der Waals surface area contributed by atoms with Gasteiger partial charge in [0.15, 0.2) is 0 Å². The highest BCUT2D eigenvalue weighted by atomic mass is 15.1. The third-order valence-electron chi connectivity index (χ3n) is 3.89. The molecule has 0 radical (unpaired) electrons. The zero-order valence-electron chi connectivity index (χ0n) is 11.2. The second-order valence-electron chi connectivity index (χ2n) is 6.14. The molecule has 1 aliphatic carbocycles. The summed E-state index contributed by atoms with van der Waals surface area (Å²) in [6.07, 6.45) is 3.54. The Kier molecular flexibility index (Phi) is 4.36. The molecule has 3 heteroatoms. The zero-order chi connectivity index (χ0) is 12.3. The predicted molar refractivity (Wildman–Crippen MR) is 69.7 cm³/mol. The minimum absolute atomic E-state index is 0.131. The third kappa shape index (κ3) is 4.12. The van der Waals surface area contributed by atoms with E-state index in [2.05, 4.69) is 32.7 Å². The Morgan fingerprint density at radius 2 is 2.06 bits per heavy atom. The first-order chi connectivity index (χ1) is 7.33. The van der Waals surface area contributed by atoms with Crippen LogP contribution in [0.5, 0.6) is 0 Å². The minimum Gasteiger partial charge on any atom is -0.387 e. The molecule has 0 amide bonds. The van der Waals surface area contributed by atoms with Crippen LogP contribution in [0.3, 0.4) is 0 Å². The summed E-state index contributed by atoms with van der Waals surface area (Å²) in [5.41, 5.74) is 5.43. The summed E-state index contributed by atoms with van der Waals surface area (Å²) in [4.78, 5) is 2.42. The van der Waals surface area contributed by atoms with Crippen LogP contribution in [0.1, 0.15) is 40.0 Å². The molecule has 3 nitrogen and oxygen atoms in total. The van der Waals surface area contributed by atoms with Crippen LogP contribution < -0.4 is 5.73 Å². The monoisotopic (exact) mass is 225 g/mol. The fraction of sp³-hybridized carbons (Fsp3) is 0.923. The molecule has 16 heavy (non-hydrogen) atoms. The van der Waals surface area contributed by atoms with E-state index in [-0.39, 0.29) is 5.41 Å². The second kappa shape index (κ2) is 5.17. The molecule has 2 atom stereocenters. The molecule has 0 aromatic rings. The number of amidine groups is 1. The average Bonchev–Trinajstić information content (AvgIpc) is 2.80. The van der Waals surface area contributed by atoms with E-state index < -0.39 is 0 Å². The van der Waals surface area contributed by atoms with Crippen LogP contribution in [0.15, 0.2) is 0 Å². The Bertz CT molecular complexity index is 248. The van der Waals surface area contributed by atoms with Crippen LogP contribution in [0, 0.1) is 22.7 Å². The first kappa shape index (κ1) is 13.5. The molecular weight excluding hydrogens is 198 g/mol. The van der Waals surface area contributed by atoms with E-state index in [1.54, 1.807) is 0 Å². The van der Waals surface area contributed by atoms with Gasteiger partial charge in [0.1, 0.15) is 0 Å². The number of nitrogens with zero attached hydrogens (tertiary/aromatic N) is 1. The number of nitrogens with two attached hydrogens (primary N) is 1. The Morgan fingerprint density at radius 3 is 2.50 bits per heavy atom. The lowest BCUT2D eigenvalue weighted by Gasteiger charge is -2.24. The van der Waals surface area contributed by atoms with Crippen LogP contribution >= 0.6 is 0 Å². The van der Waals surface area contributed by atoms with Crippen molar-refractivity contribution in [2.75, 3.05) is 20.1 Å². The van der Waals surface area contributed by atoms with Crippen LogP contribution in [-0.4, -0.2) is 30.9 Å². The molecule has 0 aromatic heterocycles. The Hall–Kier alpha value is -0.570. The highest BCUT2D eigenvalue weighted by molar-refractivity contribution is 5.82. The van der Waals surface area contributed by atoms with Crippen molar-refractivity contribution < 1.29 is 0 Å². The van der Waals surface area contributed by atoms with Crippen molar-refractivity contribution in [3.05, 3.63) is 0 Å². The first-order valence-corrected chi connectivity index (χ1v) is 6.36. The lowest BCUT2D eigenvalue weighted by Crippen LogP contribution is -2.32. The molecule has 1 aliphatic rings. The van der Waals surface area contributed by atoms with Gasteiger partial charge in [0.25, 0.3) is 0 Å². The van der Waals surface area contributed by atoms with Gasteiger partial charge in [-0.05, 0) is 44.7 Å². The summed E-state index contributed by atoms with van der Waals surface area (Å²) in [6, 6.07) is 0. The normalized spacial score (nSPS) is 24.8. The maximum atomic E-state index is 7.50. The molecule has 0 aromatic carbocycles. The number of hydrogen-bond acceptors (Lipinski definition) is 2. The molecule has 0 saturated heterocycles. The quantitative estimate of drug-likeness (QED) is 0.516. The van der Waals surface area contributed by atoms with Gasteiger partial charge in [0.05, 0.1) is 5.84 Å². The van der Waals surface area contributed by atoms with Crippen LogP contribution in [-0.2, 0) is 0 Å². The van der Waals surface area contributed by atoms with Crippen molar-refractivity contribution in [2.45, 2.75) is 40.0 Å². The number of hydrogen-bond donors (Lipinski definition) is 2. The van der Waals surface area contributed by atoms with Gasteiger partial charge in [0, 0.05) is 12.0 Å². The lowest BCUT2D eigenvalue weighted by atomic mass is 9.86. The minimum atomic E-state index is -0.131. The van der Waals surface area contributed by atoms with Crippen LogP contribution in [0.4, 0.5) is 0 Å². The highest BCUT2D eigenvalue weighted by Crippen LogP contribution is 2.38. The van der Waals surface area contributed by atoms with E-state index >= 15 is 0 Å². The Morgan fingerprint density at radius 1 is 1.50 bits per heavy atom. The molecule has 0 bridgehead atoms. The zero-order valence-corrected chi connectivity index (χ0v) is 11.2. The van der Waals surface area contributed by atoms with E-state index in [4.69, 9.17) is 11.1 Å². The summed E-state index contributed by atoms with van der Waals surface area (Å²) >= 11 is 0. The number of rotatable bonds is 7. The van der Waals surface area contributed by atoms with Crippen molar-refractivity contribution in [2.24, 2.45) is 23.0 Å². The van der Waals surface area contributed by atoms with E-state index in [1.807, 2.05) is 0 Å². The summed E-state index contributed by atoms with van der Waals surface area (Å²) in [6.45, 7) is 8.80. The fourth-order valence-electron chi connectivity index (χ4n) is 2.07. The van der Waals surface area contributed by atoms with Gasteiger partial charge in [-0.3, -0.25) is 5.41 Å². The van der Waals surface area contributed by atoms with E-state index in [1.165, 1.54) is 13.0 Å². The molecule has 0 heterocycles. The summed E-state index contributed by atoms with van der Waals surface area (Å²) in [5.74, 6) is 2.19. The third-order valence-corrected chi connectivity index (χ3v) is 3.89. The smallest absolute Gasteiger partial charge is 0.0963 e. The average molecular weight is 225 g/mol. The summed E-state index contributed by atoms with van der Waals surface area (Å²) in [7, 11) is 2.20. The maximum absolute atomic E-state index is 7.50. The first-order valence-electron chi connectivity index (χ1n) is 6.36. The highest BCUT2D eigenvalue weighted by Gasteiger charge is 2.33. The topological polar surface area (TPSA) is 53.1 Å². The van der Waals surface area contributed by atoms with Crippen molar-refractivity contribution in [1.29, 1.82) is 5.41 Å². The molecule has 1 rings (SSSR count). The van der Waals surface area contributed by atoms with Gasteiger partial charge < -0.3 is 10.6 Å². The van der Waals surface area contributed by atoms with Crippen LogP contribution in [0.25, 0.3) is 0 Å². The Labute approximate surface area is 99.9 Å². The van der Waals surface area contributed by atoms with Gasteiger partial charge in [-0.1, -0.05) is 20.8 Å². The summed E-state index contributed by atoms with van der Waals surface area (Å²) in [5, 5.41) is 7.50. The van der Waals surface area contributed by atoms with Gasteiger partial charge in [-0.25, -0.2) is 0 Å². The molecule has 2 unspecified atom stereocenters. The maximum Gasteiger partial charge on any atom is 0.0963 e. The van der Waals surface area contributed by atoms with Gasteiger partial charge in [-0.15, -0.1) is 0 Å². The van der Waals surface area contributed by atoms with Gasteiger partial charge >= 0.3 is 0 Å². The van der Waals surface area contributed by atoms with Crippen molar-refractivity contribution in [3.63, 3.8) is 0 Å². The molecule has 94 valence electrons. The van der Waals surface area contributed by atoms with Crippen molar-refractivity contribution in [3.8, 4) is 0 Å². The van der Waals surface area contributed by atoms with Crippen LogP contribution in [0.2, 0.25) is 0 Å². The molecule has 0 spiro atoms. The SMILES string of the molecule is CC1CC1CN(C)CCCC(C)(C)C(=N)N. The van der Waals surface area contributed by atoms with E-state index in [0.29, 0.717) is 5.84 Å². The Balaban J connectivity index is 2.12. The number of nitrogens with one attached hydrogen (secondary N) is 1. The lowest BCUT2D eigenvalue weighted by molar-refractivity contribution is 0.292. The second-order valence-corrected chi connectivity index (χ2v) is 6.14. The molecule has 1 fully saturated rings. The van der Waals surface area contributed by atoms with Gasteiger partial charge in [-0.2, -0.15) is 0 Å². The van der Waals surface area contributed by atoms with Crippen molar-refractivity contribution >= 4 is 5.84 Å². The fourth-order valence-corrected chi connectivity index (χ4v) is 2.07. The largest absolute Gasteiger partial charge is 0.387 e.